The standard InChI is InChI=1S/C19H24O4.2H3O3P/c1-14-7-3-5-9-16(14)19(23,18(11-20,12-21)13-22)17-10-6-4-8-15(17)2;2*1-4(2)3/h3-10,20-23H,11-13H2,1-2H3;2*1-3H. The summed E-state index contributed by atoms with van der Waals surface area (Å²) < 4.78 is 0. The van der Waals surface area contributed by atoms with Gasteiger partial charge in [-0.2, -0.15) is 0 Å². The van der Waals surface area contributed by atoms with Gasteiger partial charge in [0.25, 0.3) is 0 Å². The molecule has 0 aliphatic heterocycles. The second kappa shape index (κ2) is 14.1. The Morgan fingerprint density at radius 3 is 1.10 bits per heavy atom. The molecule has 10 nitrogen and oxygen atoms in total. The van der Waals surface area contributed by atoms with Crippen LogP contribution in [-0.4, -0.2) is 69.6 Å². The molecule has 12 heteroatoms. The van der Waals surface area contributed by atoms with E-state index in [2.05, 4.69) is 0 Å². The van der Waals surface area contributed by atoms with Crippen molar-refractivity contribution < 1.29 is 49.8 Å². The molecule has 10 N–H and O–H groups in total. The van der Waals surface area contributed by atoms with Gasteiger partial charge in [-0.3, -0.25) is 0 Å². The van der Waals surface area contributed by atoms with Crippen LogP contribution in [0.15, 0.2) is 48.5 Å². The fraction of sp³-hybridized carbons (Fsp3) is 0.368. The highest BCUT2D eigenvalue weighted by Crippen LogP contribution is 2.46. The van der Waals surface area contributed by atoms with Crippen LogP contribution in [0.5, 0.6) is 0 Å². The van der Waals surface area contributed by atoms with Crippen LogP contribution in [0.4, 0.5) is 0 Å². The Balaban J connectivity index is 0.000000967. The molecule has 31 heavy (non-hydrogen) atoms. The predicted molar refractivity (Wildman–Crippen MR) is 116 cm³/mol. The van der Waals surface area contributed by atoms with E-state index in [1.165, 1.54) is 0 Å². The molecule has 0 atom stereocenters. The summed E-state index contributed by atoms with van der Waals surface area (Å²) in [4.78, 5) is 43.4. The maximum atomic E-state index is 11.7. The number of aliphatic hydroxyl groups excluding tert-OH is 3. The summed E-state index contributed by atoms with van der Waals surface area (Å²) in [6.07, 6.45) is 0. The van der Waals surface area contributed by atoms with Crippen molar-refractivity contribution in [1.29, 1.82) is 0 Å². The van der Waals surface area contributed by atoms with Gasteiger partial charge in [-0.15, -0.1) is 0 Å². The second-order valence-corrected chi connectivity index (χ2v) is 7.70. The molecule has 176 valence electrons. The second-order valence-electron chi connectivity index (χ2n) is 6.63. The predicted octanol–water partition coefficient (Wildman–Crippen LogP) is -0.117. The maximum absolute atomic E-state index is 11.7. The molecular weight excluding hydrogens is 450 g/mol. The van der Waals surface area contributed by atoms with Crippen LogP contribution in [-0.2, 0) is 5.60 Å². The summed E-state index contributed by atoms with van der Waals surface area (Å²) in [5.74, 6) is 0. The van der Waals surface area contributed by atoms with E-state index < -0.39 is 48.0 Å². The summed E-state index contributed by atoms with van der Waals surface area (Å²) >= 11 is 0. The Morgan fingerprint density at radius 1 is 0.613 bits per heavy atom. The molecule has 2 rings (SSSR count). The molecule has 2 aromatic carbocycles. The first-order valence-corrected chi connectivity index (χ1v) is 11.2. The molecule has 0 unspecified atom stereocenters. The molecule has 0 saturated carbocycles. The fourth-order valence-electron chi connectivity index (χ4n) is 3.17. The molecular formula is C19H30O10P2. The van der Waals surface area contributed by atoms with Crippen molar-refractivity contribution in [3.05, 3.63) is 70.8 Å². The van der Waals surface area contributed by atoms with Gasteiger partial charge in [0, 0.05) is 0 Å². The highest BCUT2D eigenvalue weighted by atomic mass is 31.2. The van der Waals surface area contributed by atoms with E-state index in [0.29, 0.717) is 11.1 Å². The van der Waals surface area contributed by atoms with E-state index in [4.69, 9.17) is 29.4 Å². The highest BCUT2D eigenvalue weighted by molar-refractivity contribution is 7.38. The minimum absolute atomic E-state index is 0.556. The van der Waals surface area contributed by atoms with Crippen molar-refractivity contribution in [2.24, 2.45) is 5.41 Å². The summed E-state index contributed by atoms with van der Waals surface area (Å²) in [5, 5.41) is 41.6. The normalized spacial score (nSPS) is 11.5. The van der Waals surface area contributed by atoms with E-state index in [1.807, 2.05) is 38.1 Å². The van der Waals surface area contributed by atoms with Gasteiger partial charge in [0.2, 0.25) is 0 Å². The first-order valence-electron chi connectivity index (χ1n) is 8.84. The number of aryl methyl sites for hydroxylation is 2. The summed E-state index contributed by atoms with van der Waals surface area (Å²) in [6.45, 7) is 2.04. The Kier molecular flexibility index (Phi) is 13.6. The van der Waals surface area contributed by atoms with Crippen LogP contribution < -0.4 is 0 Å². The van der Waals surface area contributed by atoms with Crippen LogP contribution >= 0.6 is 17.2 Å². The number of rotatable bonds is 6. The first-order chi connectivity index (χ1) is 14.4. The molecule has 0 aromatic heterocycles. The molecule has 0 spiro atoms. The van der Waals surface area contributed by atoms with Gasteiger partial charge in [0.05, 0.1) is 25.2 Å². The molecule has 0 amide bonds. The van der Waals surface area contributed by atoms with Gasteiger partial charge in [-0.25, -0.2) is 0 Å². The lowest BCUT2D eigenvalue weighted by Gasteiger charge is -2.46. The summed E-state index contributed by atoms with van der Waals surface area (Å²) in [6, 6.07) is 14.5. The zero-order valence-corrected chi connectivity index (χ0v) is 18.9. The third-order valence-corrected chi connectivity index (χ3v) is 4.75. The molecule has 0 bridgehead atoms. The fourth-order valence-corrected chi connectivity index (χ4v) is 3.17. The minimum atomic E-state index is -2.62. The van der Waals surface area contributed by atoms with Crippen molar-refractivity contribution >= 4 is 17.2 Å². The zero-order chi connectivity index (χ0) is 24.2. The monoisotopic (exact) mass is 480 g/mol. The van der Waals surface area contributed by atoms with Gasteiger partial charge in [-0.05, 0) is 36.1 Å². The van der Waals surface area contributed by atoms with E-state index in [9.17, 15) is 20.4 Å². The van der Waals surface area contributed by atoms with Gasteiger partial charge in [0.15, 0.2) is 0 Å². The van der Waals surface area contributed by atoms with E-state index >= 15 is 0 Å². The van der Waals surface area contributed by atoms with Crippen LogP contribution in [0.2, 0.25) is 0 Å². The van der Waals surface area contributed by atoms with E-state index in [0.717, 1.165) is 11.1 Å². The zero-order valence-electron chi connectivity index (χ0n) is 17.1. The topological polar surface area (TPSA) is 202 Å². The van der Waals surface area contributed by atoms with E-state index in [1.54, 1.807) is 24.3 Å². The van der Waals surface area contributed by atoms with Gasteiger partial charge >= 0.3 is 17.2 Å². The molecule has 0 aliphatic rings. The average Bonchev–Trinajstić information content (AvgIpc) is 2.69. The van der Waals surface area contributed by atoms with Crippen molar-refractivity contribution in [3.63, 3.8) is 0 Å². The molecule has 0 fully saturated rings. The van der Waals surface area contributed by atoms with Crippen LogP contribution in [0.3, 0.4) is 0 Å². The third kappa shape index (κ3) is 8.07. The van der Waals surface area contributed by atoms with Gasteiger partial charge < -0.3 is 49.8 Å². The lowest BCUT2D eigenvalue weighted by molar-refractivity contribution is -0.136. The Morgan fingerprint density at radius 2 is 0.871 bits per heavy atom. The third-order valence-electron chi connectivity index (χ3n) is 4.75. The number of hydrogen-bond donors (Lipinski definition) is 10. The molecule has 0 radical (unpaired) electrons. The van der Waals surface area contributed by atoms with E-state index in [-0.39, 0.29) is 0 Å². The lowest BCUT2D eigenvalue weighted by atomic mass is 9.64. The Labute approximate surface area is 183 Å². The quantitative estimate of drug-likeness (QED) is 0.248. The van der Waals surface area contributed by atoms with Crippen LogP contribution in [0, 0.1) is 19.3 Å². The first kappa shape index (κ1) is 29.9. The molecule has 0 saturated heterocycles. The van der Waals surface area contributed by atoms with Gasteiger partial charge in [0.1, 0.15) is 5.60 Å². The highest BCUT2D eigenvalue weighted by Gasteiger charge is 2.53. The number of benzene rings is 2. The number of aliphatic hydroxyl groups is 4. The SMILES string of the molecule is Cc1ccccc1C(O)(c1ccccc1C)C(CO)(CO)CO.OP(O)O.OP(O)O. The summed E-state index contributed by atoms with van der Waals surface area (Å²) in [7, 11) is -5.24. The van der Waals surface area contributed by atoms with Crippen molar-refractivity contribution in [2.75, 3.05) is 19.8 Å². The minimum Gasteiger partial charge on any atom is -0.395 e. The maximum Gasteiger partial charge on any atom is 0.324 e. The van der Waals surface area contributed by atoms with Crippen molar-refractivity contribution in [2.45, 2.75) is 19.4 Å². The van der Waals surface area contributed by atoms with Crippen molar-refractivity contribution in [3.8, 4) is 0 Å². The summed E-state index contributed by atoms with van der Waals surface area (Å²) in [5.41, 5.74) is -0.471. The Hall–Kier alpha value is -1.10. The van der Waals surface area contributed by atoms with Crippen LogP contribution in [0.25, 0.3) is 0 Å². The van der Waals surface area contributed by atoms with Crippen molar-refractivity contribution in [1.82, 2.24) is 0 Å². The Bertz CT molecular complexity index is 704. The number of hydrogen-bond acceptors (Lipinski definition) is 10. The average molecular weight is 480 g/mol. The molecule has 0 heterocycles. The lowest BCUT2D eigenvalue weighted by Crippen LogP contribution is -2.54. The smallest absolute Gasteiger partial charge is 0.324 e. The molecule has 2 aromatic rings. The van der Waals surface area contributed by atoms with Gasteiger partial charge in [-0.1, -0.05) is 48.5 Å². The van der Waals surface area contributed by atoms with Crippen LogP contribution in [0.1, 0.15) is 22.3 Å². The molecule has 0 aliphatic carbocycles. The largest absolute Gasteiger partial charge is 0.395 e.